The predicted octanol–water partition coefficient (Wildman–Crippen LogP) is 1.40. The minimum Gasteiger partial charge on any atom is -0.467 e. The Morgan fingerprint density at radius 3 is 2.45 bits per heavy atom. The zero-order valence-corrected chi connectivity index (χ0v) is 12.8. The monoisotopic (exact) mass is 279 g/mol. The van der Waals surface area contributed by atoms with Crippen LogP contribution in [0.25, 0.3) is 0 Å². The molecule has 0 amide bonds. The molecule has 112 valence electrons. The third kappa shape index (κ3) is 4.02. The molecule has 1 aromatic rings. The smallest absolute Gasteiger partial charge is 0.330 e. The van der Waals surface area contributed by atoms with Crippen molar-refractivity contribution in [2.75, 3.05) is 33.3 Å². The van der Waals surface area contributed by atoms with Crippen molar-refractivity contribution < 1.29 is 9.53 Å². The predicted molar refractivity (Wildman–Crippen MR) is 79.4 cm³/mol. The van der Waals surface area contributed by atoms with Gasteiger partial charge in [-0.05, 0) is 37.7 Å². The van der Waals surface area contributed by atoms with Crippen LogP contribution in [0, 0.1) is 0 Å². The Morgan fingerprint density at radius 2 is 1.95 bits per heavy atom. The summed E-state index contributed by atoms with van der Waals surface area (Å²) in [6.07, 6.45) is 3.37. The average Bonchev–Trinajstić information content (AvgIpc) is 2.51. The summed E-state index contributed by atoms with van der Waals surface area (Å²) in [6.45, 7) is 9.72. The van der Waals surface area contributed by atoms with Crippen LogP contribution in [-0.4, -0.2) is 49.1 Å². The number of likely N-dealkylation sites (N-methyl/N-ethyl adjacent to an activating group) is 1. The van der Waals surface area contributed by atoms with Gasteiger partial charge in [0.1, 0.15) is 5.54 Å². The maximum Gasteiger partial charge on any atom is 0.330 e. The number of esters is 1. The number of nitrogens with zero attached hydrogens (tertiary/aromatic N) is 2. The lowest BCUT2D eigenvalue weighted by atomic mass is 9.93. The maximum absolute atomic E-state index is 12.1. The Balaban J connectivity index is 2.78. The van der Waals surface area contributed by atoms with Crippen molar-refractivity contribution in [3.8, 4) is 0 Å². The number of pyridine rings is 1. The number of rotatable bonds is 8. The number of hydrogen-bond acceptors (Lipinski definition) is 5. The molecule has 1 atom stereocenters. The molecule has 0 saturated carbocycles. The van der Waals surface area contributed by atoms with E-state index in [-0.39, 0.29) is 5.97 Å². The van der Waals surface area contributed by atoms with Crippen LogP contribution in [0.1, 0.15) is 26.3 Å². The van der Waals surface area contributed by atoms with E-state index in [1.54, 1.807) is 12.4 Å². The highest BCUT2D eigenvalue weighted by atomic mass is 16.5. The second kappa shape index (κ2) is 7.97. The molecule has 0 radical (unpaired) electrons. The lowest BCUT2D eigenvalue weighted by Gasteiger charge is -2.29. The van der Waals surface area contributed by atoms with Crippen LogP contribution in [-0.2, 0) is 15.1 Å². The highest BCUT2D eigenvalue weighted by molar-refractivity contribution is 5.82. The maximum atomic E-state index is 12.1. The number of ether oxygens (including phenoxy) is 1. The van der Waals surface area contributed by atoms with Crippen LogP contribution < -0.4 is 5.32 Å². The minimum absolute atomic E-state index is 0.289. The second-order valence-electron chi connectivity index (χ2n) is 4.81. The zero-order chi connectivity index (χ0) is 15.0. The van der Waals surface area contributed by atoms with Crippen molar-refractivity contribution in [2.45, 2.75) is 26.3 Å². The Labute approximate surface area is 121 Å². The minimum atomic E-state index is -0.842. The van der Waals surface area contributed by atoms with Gasteiger partial charge in [0.2, 0.25) is 0 Å². The number of nitrogens with one attached hydrogen (secondary N) is 1. The normalized spacial score (nSPS) is 14.1. The molecule has 20 heavy (non-hydrogen) atoms. The van der Waals surface area contributed by atoms with Gasteiger partial charge in [-0.15, -0.1) is 0 Å². The van der Waals surface area contributed by atoms with Gasteiger partial charge < -0.3 is 9.64 Å². The first-order chi connectivity index (χ1) is 9.58. The van der Waals surface area contributed by atoms with Gasteiger partial charge in [0, 0.05) is 25.5 Å². The van der Waals surface area contributed by atoms with Crippen molar-refractivity contribution in [1.29, 1.82) is 0 Å². The molecule has 5 heteroatoms. The first-order valence-electron chi connectivity index (χ1n) is 7.04. The lowest BCUT2D eigenvalue weighted by Crippen LogP contribution is -2.49. The van der Waals surface area contributed by atoms with E-state index in [0.717, 1.165) is 31.7 Å². The van der Waals surface area contributed by atoms with Gasteiger partial charge in [-0.1, -0.05) is 13.8 Å². The first kappa shape index (κ1) is 16.6. The van der Waals surface area contributed by atoms with Crippen LogP contribution >= 0.6 is 0 Å². The van der Waals surface area contributed by atoms with Crippen LogP contribution in [0.5, 0.6) is 0 Å². The quantitative estimate of drug-likeness (QED) is 0.729. The van der Waals surface area contributed by atoms with Crippen molar-refractivity contribution in [3.05, 3.63) is 30.1 Å². The summed E-state index contributed by atoms with van der Waals surface area (Å²) in [6, 6.07) is 3.67. The Hall–Kier alpha value is -1.46. The molecule has 0 aromatic carbocycles. The number of aromatic nitrogens is 1. The van der Waals surface area contributed by atoms with E-state index in [0.29, 0.717) is 0 Å². The van der Waals surface area contributed by atoms with Crippen LogP contribution in [0.3, 0.4) is 0 Å². The number of carbonyl (C=O) groups is 1. The van der Waals surface area contributed by atoms with Gasteiger partial charge in [-0.2, -0.15) is 0 Å². The van der Waals surface area contributed by atoms with E-state index in [2.05, 4.69) is 29.0 Å². The fraction of sp³-hybridized carbons (Fsp3) is 0.600. The molecule has 0 aliphatic carbocycles. The Morgan fingerprint density at radius 1 is 1.35 bits per heavy atom. The van der Waals surface area contributed by atoms with Gasteiger partial charge >= 0.3 is 5.97 Å². The highest BCUT2D eigenvalue weighted by Crippen LogP contribution is 2.21. The van der Waals surface area contributed by atoms with Gasteiger partial charge in [0.15, 0.2) is 0 Å². The fourth-order valence-electron chi connectivity index (χ4n) is 2.19. The molecular weight excluding hydrogens is 254 g/mol. The molecule has 1 heterocycles. The summed E-state index contributed by atoms with van der Waals surface area (Å²) < 4.78 is 4.94. The van der Waals surface area contributed by atoms with E-state index in [4.69, 9.17) is 4.74 Å². The van der Waals surface area contributed by atoms with E-state index < -0.39 is 5.54 Å². The van der Waals surface area contributed by atoms with Gasteiger partial charge in [-0.25, -0.2) is 4.79 Å². The first-order valence-corrected chi connectivity index (χ1v) is 7.04. The highest BCUT2D eigenvalue weighted by Gasteiger charge is 2.35. The molecule has 0 spiro atoms. The van der Waals surface area contributed by atoms with E-state index in [1.165, 1.54) is 7.11 Å². The molecule has 0 bridgehead atoms. The summed E-state index contributed by atoms with van der Waals surface area (Å²) in [5.74, 6) is -0.289. The zero-order valence-electron chi connectivity index (χ0n) is 12.8. The third-order valence-electron chi connectivity index (χ3n) is 3.65. The summed E-state index contributed by atoms with van der Waals surface area (Å²) in [4.78, 5) is 18.4. The van der Waals surface area contributed by atoms with E-state index in [1.807, 2.05) is 19.1 Å². The molecule has 0 aliphatic rings. The Bertz CT molecular complexity index is 407. The van der Waals surface area contributed by atoms with Crippen LogP contribution in [0.2, 0.25) is 0 Å². The number of carbonyl (C=O) groups excluding carboxylic acids is 1. The van der Waals surface area contributed by atoms with Crippen molar-refractivity contribution in [1.82, 2.24) is 15.2 Å². The summed E-state index contributed by atoms with van der Waals surface area (Å²) in [5, 5.41) is 3.32. The topological polar surface area (TPSA) is 54.5 Å². The fourth-order valence-corrected chi connectivity index (χ4v) is 2.19. The molecule has 5 nitrogen and oxygen atoms in total. The average molecular weight is 279 g/mol. The third-order valence-corrected chi connectivity index (χ3v) is 3.65. The summed E-state index contributed by atoms with van der Waals surface area (Å²) in [5.41, 5.74) is 0.0177. The van der Waals surface area contributed by atoms with Crippen LogP contribution in [0.15, 0.2) is 24.5 Å². The molecule has 1 unspecified atom stereocenters. The van der Waals surface area contributed by atoms with Gasteiger partial charge in [-0.3, -0.25) is 10.3 Å². The molecule has 0 fully saturated rings. The second-order valence-corrected chi connectivity index (χ2v) is 4.81. The van der Waals surface area contributed by atoms with Gasteiger partial charge in [0.25, 0.3) is 0 Å². The van der Waals surface area contributed by atoms with Crippen LogP contribution in [0.4, 0.5) is 0 Å². The summed E-state index contributed by atoms with van der Waals surface area (Å²) in [7, 11) is 1.41. The Kier molecular flexibility index (Phi) is 6.61. The van der Waals surface area contributed by atoms with Gasteiger partial charge in [0.05, 0.1) is 7.11 Å². The SMILES string of the molecule is CCN(CC)CCNC(C)(C(=O)OC)c1ccncc1. The van der Waals surface area contributed by atoms with Crippen molar-refractivity contribution in [3.63, 3.8) is 0 Å². The molecule has 1 rings (SSSR count). The van der Waals surface area contributed by atoms with E-state index >= 15 is 0 Å². The molecule has 1 aromatic heterocycles. The molecule has 0 saturated heterocycles. The molecular formula is C15H25N3O2. The van der Waals surface area contributed by atoms with E-state index in [9.17, 15) is 4.79 Å². The largest absolute Gasteiger partial charge is 0.467 e. The summed E-state index contributed by atoms with van der Waals surface area (Å²) >= 11 is 0. The standard InChI is InChI=1S/C15H25N3O2/c1-5-18(6-2)12-11-17-15(3,14(19)20-4)13-7-9-16-10-8-13/h7-10,17H,5-6,11-12H2,1-4H3. The van der Waals surface area contributed by atoms with Crippen molar-refractivity contribution >= 4 is 5.97 Å². The van der Waals surface area contributed by atoms with Crippen molar-refractivity contribution in [2.24, 2.45) is 0 Å². The molecule has 1 N–H and O–H groups in total. The lowest BCUT2D eigenvalue weighted by molar-refractivity contribution is -0.148. The molecule has 0 aliphatic heterocycles. The number of hydrogen-bond donors (Lipinski definition) is 1. The number of methoxy groups -OCH3 is 1.